The molecule has 11 nitrogen and oxygen atoms in total. The summed E-state index contributed by atoms with van der Waals surface area (Å²) >= 11 is 7.35. The summed E-state index contributed by atoms with van der Waals surface area (Å²) in [4.78, 5) is 36.3. The summed E-state index contributed by atoms with van der Waals surface area (Å²) in [7, 11) is -0.0744. The number of thiazole rings is 1. The molecule has 1 fully saturated rings. The average Bonchev–Trinajstić information content (AvgIpc) is 3.47. The maximum Gasteiger partial charge on any atom is 0.330 e. The molecule has 0 saturated carbocycles. The lowest BCUT2D eigenvalue weighted by molar-refractivity contribution is -0.149. The molecule has 37 heavy (non-hydrogen) atoms. The van der Waals surface area contributed by atoms with Gasteiger partial charge in [0.1, 0.15) is 11.1 Å². The highest BCUT2D eigenvalue weighted by atomic mass is 35.5. The SMILES string of the molecule is CCOC(=O)C1CN(S(=O)(=O)c2cc3cc(Cl)ccc3[nH]2)CCN1C(=O)c1nc2c(s1)CN(C)N(C)C2. The Hall–Kier alpha value is -2.55. The van der Waals surface area contributed by atoms with Crippen molar-refractivity contribution in [3.63, 3.8) is 0 Å². The Morgan fingerprint density at radius 3 is 2.70 bits per heavy atom. The van der Waals surface area contributed by atoms with E-state index in [1.54, 1.807) is 25.1 Å². The molecule has 1 aromatic carbocycles. The van der Waals surface area contributed by atoms with Gasteiger partial charge in [0.25, 0.3) is 15.9 Å². The standard InChI is InChI=1S/C23H27ClN6O5S2/c1-4-35-23(32)18-12-29(37(33,34)20-10-14-9-15(24)5-6-16(14)25-20)7-8-30(18)22(31)21-26-17-11-27(2)28(3)13-19(17)36-21/h5-6,9-10,18,25H,4,7-8,11-13H2,1-3H3. The molecule has 2 aromatic heterocycles. The highest BCUT2D eigenvalue weighted by molar-refractivity contribution is 7.89. The Balaban J connectivity index is 1.41. The predicted octanol–water partition coefficient (Wildman–Crippen LogP) is 2.15. The van der Waals surface area contributed by atoms with Crippen molar-refractivity contribution in [2.24, 2.45) is 0 Å². The first-order valence-corrected chi connectivity index (χ1v) is 14.4. The summed E-state index contributed by atoms with van der Waals surface area (Å²) in [6.07, 6.45) is 0. The third kappa shape index (κ3) is 4.87. The molecular formula is C23H27ClN6O5S2. The van der Waals surface area contributed by atoms with E-state index in [-0.39, 0.29) is 36.3 Å². The van der Waals surface area contributed by atoms with Crippen molar-refractivity contribution in [3.05, 3.63) is 44.9 Å². The number of benzene rings is 1. The van der Waals surface area contributed by atoms with Crippen LogP contribution in [-0.4, -0.2) is 95.9 Å². The van der Waals surface area contributed by atoms with Crippen LogP contribution >= 0.6 is 22.9 Å². The van der Waals surface area contributed by atoms with E-state index >= 15 is 0 Å². The Kier molecular flexibility index (Phi) is 7.02. The smallest absolute Gasteiger partial charge is 0.330 e. The highest BCUT2D eigenvalue weighted by Crippen LogP contribution is 2.29. The second-order valence-corrected chi connectivity index (χ2v) is 12.4. The number of sulfonamides is 1. The van der Waals surface area contributed by atoms with Gasteiger partial charge in [-0.2, -0.15) is 4.31 Å². The number of amides is 1. The number of nitrogens with one attached hydrogen (secondary N) is 1. The Morgan fingerprint density at radius 1 is 1.19 bits per heavy atom. The molecule has 1 atom stereocenters. The van der Waals surface area contributed by atoms with Crippen LogP contribution in [0, 0.1) is 0 Å². The quantitative estimate of drug-likeness (QED) is 0.467. The molecular weight excluding hydrogens is 540 g/mol. The number of fused-ring (bicyclic) bond motifs is 2. The lowest BCUT2D eigenvalue weighted by Gasteiger charge is -2.38. The Morgan fingerprint density at radius 2 is 1.95 bits per heavy atom. The molecule has 1 N–H and O–H groups in total. The monoisotopic (exact) mass is 566 g/mol. The summed E-state index contributed by atoms with van der Waals surface area (Å²) in [6.45, 7) is 2.82. The van der Waals surface area contributed by atoms with Crippen molar-refractivity contribution < 1.29 is 22.7 Å². The van der Waals surface area contributed by atoms with E-state index in [2.05, 4.69) is 9.97 Å². The lowest BCUT2D eigenvalue weighted by Crippen LogP contribution is -2.59. The van der Waals surface area contributed by atoms with Crippen molar-refractivity contribution in [3.8, 4) is 0 Å². The molecule has 1 unspecified atom stereocenters. The first-order chi connectivity index (χ1) is 17.6. The molecule has 4 heterocycles. The van der Waals surface area contributed by atoms with Crippen LogP contribution in [0.5, 0.6) is 0 Å². The highest BCUT2D eigenvalue weighted by Gasteiger charge is 2.42. The number of H-pyrrole nitrogens is 1. The topological polar surface area (TPSA) is 119 Å². The summed E-state index contributed by atoms with van der Waals surface area (Å²) in [5.41, 5.74) is 1.46. The summed E-state index contributed by atoms with van der Waals surface area (Å²) < 4.78 is 33.4. The largest absolute Gasteiger partial charge is 0.464 e. The van der Waals surface area contributed by atoms with Gasteiger partial charge in [0.2, 0.25) is 0 Å². The van der Waals surface area contributed by atoms with Gasteiger partial charge in [-0.25, -0.2) is 28.2 Å². The zero-order chi connectivity index (χ0) is 26.5. The summed E-state index contributed by atoms with van der Waals surface area (Å²) in [5, 5.41) is 5.48. The van der Waals surface area contributed by atoms with Gasteiger partial charge in [-0.05, 0) is 31.2 Å². The number of hydrogen-bond donors (Lipinski definition) is 1. The number of hydrogen-bond acceptors (Lipinski definition) is 9. The normalized spacial score (nSPS) is 19.8. The molecule has 1 saturated heterocycles. The minimum absolute atomic E-state index is 0.00649. The number of aromatic nitrogens is 2. The van der Waals surface area contributed by atoms with E-state index in [1.165, 1.54) is 26.6 Å². The fourth-order valence-electron chi connectivity index (χ4n) is 4.53. The number of hydrazine groups is 1. The molecule has 0 bridgehead atoms. The van der Waals surface area contributed by atoms with Gasteiger partial charge in [-0.15, -0.1) is 11.3 Å². The van der Waals surface area contributed by atoms with E-state index in [9.17, 15) is 18.0 Å². The molecule has 0 radical (unpaired) electrons. The molecule has 2 aliphatic rings. The number of aromatic amines is 1. The number of rotatable bonds is 5. The summed E-state index contributed by atoms with van der Waals surface area (Å²) in [5.74, 6) is -1.06. The van der Waals surface area contributed by atoms with E-state index in [4.69, 9.17) is 16.3 Å². The Bertz CT molecular complexity index is 1440. The van der Waals surface area contributed by atoms with Crippen molar-refractivity contribution in [1.29, 1.82) is 0 Å². The second-order valence-electron chi connectivity index (χ2n) is 9.02. The van der Waals surface area contributed by atoms with Gasteiger partial charge < -0.3 is 14.6 Å². The van der Waals surface area contributed by atoms with E-state index in [0.29, 0.717) is 29.0 Å². The molecule has 1 amide bonds. The number of carbonyl (C=O) groups is 2. The van der Waals surface area contributed by atoms with Crippen LogP contribution in [0.25, 0.3) is 10.9 Å². The average molecular weight is 567 g/mol. The maximum absolute atomic E-state index is 13.5. The number of carbonyl (C=O) groups excluding carboxylic acids is 2. The number of nitrogens with zero attached hydrogens (tertiary/aromatic N) is 5. The minimum atomic E-state index is -3.98. The molecule has 0 spiro atoms. The molecule has 2 aliphatic heterocycles. The fraction of sp³-hybridized carbons (Fsp3) is 0.435. The number of esters is 1. The number of piperazine rings is 1. The van der Waals surface area contributed by atoms with Crippen molar-refractivity contribution in [2.75, 3.05) is 40.3 Å². The molecule has 14 heteroatoms. The van der Waals surface area contributed by atoms with Crippen LogP contribution in [0.2, 0.25) is 5.02 Å². The van der Waals surface area contributed by atoms with Crippen LogP contribution in [0.4, 0.5) is 0 Å². The van der Waals surface area contributed by atoms with E-state index < -0.39 is 27.9 Å². The lowest BCUT2D eigenvalue weighted by atomic mass is 10.2. The molecule has 198 valence electrons. The number of ether oxygens (including phenoxy) is 1. The second kappa shape index (κ2) is 9.97. The van der Waals surface area contributed by atoms with Gasteiger partial charge in [0.15, 0.2) is 5.01 Å². The first kappa shape index (κ1) is 26.1. The first-order valence-electron chi connectivity index (χ1n) is 11.7. The third-order valence-electron chi connectivity index (χ3n) is 6.63. The van der Waals surface area contributed by atoms with Gasteiger partial charge in [0, 0.05) is 61.1 Å². The van der Waals surface area contributed by atoms with Crippen LogP contribution in [0.15, 0.2) is 29.3 Å². The zero-order valence-corrected chi connectivity index (χ0v) is 23.0. The predicted molar refractivity (Wildman–Crippen MR) is 139 cm³/mol. The van der Waals surface area contributed by atoms with Gasteiger partial charge >= 0.3 is 5.97 Å². The van der Waals surface area contributed by atoms with Crippen molar-refractivity contribution in [2.45, 2.75) is 31.1 Å². The van der Waals surface area contributed by atoms with Crippen LogP contribution in [0.1, 0.15) is 27.3 Å². The van der Waals surface area contributed by atoms with Crippen LogP contribution in [0.3, 0.4) is 0 Å². The zero-order valence-electron chi connectivity index (χ0n) is 20.6. The van der Waals surface area contributed by atoms with Gasteiger partial charge in [-0.1, -0.05) is 11.6 Å². The van der Waals surface area contributed by atoms with Gasteiger partial charge in [-0.3, -0.25) is 4.79 Å². The van der Waals surface area contributed by atoms with Crippen LogP contribution < -0.4 is 0 Å². The Labute approximate surface area is 223 Å². The molecule has 5 rings (SSSR count). The van der Waals surface area contributed by atoms with E-state index in [1.807, 2.05) is 24.1 Å². The maximum atomic E-state index is 13.5. The molecule has 0 aliphatic carbocycles. The summed E-state index contributed by atoms with van der Waals surface area (Å²) in [6, 6.07) is 5.47. The number of halogens is 1. The minimum Gasteiger partial charge on any atom is -0.464 e. The molecule has 3 aromatic rings. The third-order valence-corrected chi connectivity index (χ3v) is 9.73. The van der Waals surface area contributed by atoms with E-state index in [0.717, 1.165) is 10.6 Å². The fourth-order valence-corrected chi connectivity index (χ4v) is 7.23. The van der Waals surface area contributed by atoms with Crippen molar-refractivity contribution >= 4 is 55.7 Å². The van der Waals surface area contributed by atoms with Gasteiger partial charge in [0.05, 0.1) is 18.8 Å². The van der Waals surface area contributed by atoms with Crippen LogP contribution in [-0.2, 0) is 32.6 Å². The van der Waals surface area contributed by atoms with Crippen molar-refractivity contribution in [1.82, 2.24) is 29.2 Å².